The maximum Gasteiger partial charge on any atom is 0.133 e. The molecule has 0 aliphatic carbocycles. The summed E-state index contributed by atoms with van der Waals surface area (Å²) in [5.41, 5.74) is 6.94. The van der Waals surface area contributed by atoms with Gasteiger partial charge in [0.1, 0.15) is 5.82 Å². The summed E-state index contributed by atoms with van der Waals surface area (Å²) in [6.45, 7) is 6.21. The highest BCUT2D eigenvalue weighted by molar-refractivity contribution is 9.10. The van der Waals surface area contributed by atoms with Crippen LogP contribution in [-0.2, 0) is 6.54 Å². The lowest BCUT2D eigenvalue weighted by atomic mass is 9.94. The number of nitrogens with two attached hydrogens (primary N) is 1. The Balaban J connectivity index is 2.31. The van der Waals surface area contributed by atoms with Gasteiger partial charge in [-0.05, 0) is 47.7 Å². The fraction of sp³-hybridized carbons (Fsp3) is 0.615. The summed E-state index contributed by atoms with van der Waals surface area (Å²) in [6, 6.07) is 2.64. The largest absolute Gasteiger partial charge is 0.353 e. The van der Waals surface area contributed by atoms with Crippen LogP contribution in [0.15, 0.2) is 16.7 Å². The predicted molar refractivity (Wildman–Crippen MR) is 75.0 cm³/mol. The average molecular weight is 298 g/mol. The number of halogens is 1. The molecule has 2 heterocycles. The van der Waals surface area contributed by atoms with Gasteiger partial charge in [0.05, 0.1) is 0 Å². The fourth-order valence-corrected chi connectivity index (χ4v) is 2.85. The number of pyridine rings is 1. The number of hydrogen-bond donors (Lipinski definition) is 1. The minimum absolute atomic E-state index is 0.541. The van der Waals surface area contributed by atoms with Crippen molar-refractivity contribution in [3.8, 4) is 0 Å². The van der Waals surface area contributed by atoms with Gasteiger partial charge in [-0.25, -0.2) is 4.98 Å². The standard InChI is InChI=1S/C13H20BrN3/c1-9-3-4-10(2)17(8-9)13-11(6-15)5-12(14)7-16-13/h5,7,9-10H,3-4,6,8,15H2,1-2H3. The van der Waals surface area contributed by atoms with Crippen LogP contribution in [0.3, 0.4) is 0 Å². The van der Waals surface area contributed by atoms with Crippen LogP contribution in [0.1, 0.15) is 32.3 Å². The molecule has 1 aromatic heterocycles. The van der Waals surface area contributed by atoms with Gasteiger partial charge in [0.15, 0.2) is 0 Å². The maximum absolute atomic E-state index is 5.82. The molecule has 1 saturated heterocycles. The van der Waals surface area contributed by atoms with Crippen molar-refractivity contribution in [2.45, 2.75) is 39.3 Å². The van der Waals surface area contributed by atoms with Crippen LogP contribution in [0.5, 0.6) is 0 Å². The van der Waals surface area contributed by atoms with Crippen molar-refractivity contribution >= 4 is 21.7 Å². The first-order chi connectivity index (χ1) is 8.11. The van der Waals surface area contributed by atoms with Crippen LogP contribution in [0.2, 0.25) is 0 Å². The monoisotopic (exact) mass is 297 g/mol. The molecule has 2 unspecified atom stereocenters. The maximum atomic E-state index is 5.82. The highest BCUT2D eigenvalue weighted by Gasteiger charge is 2.25. The third kappa shape index (κ3) is 2.80. The zero-order valence-corrected chi connectivity index (χ0v) is 12.1. The van der Waals surface area contributed by atoms with Crippen molar-refractivity contribution in [3.05, 3.63) is 22.3 Å². The summed E-state index contributed by atoms with van der Waals surface area (Å²) < 4.78 is 0.999. The minimum Gasteiger partial charge on any atom is -0.353 e. The van der Waals surface area contributed by atoms with Gasteiger partial charge in [-0.15, -0.1) is 0 Å². The Hall–Kier alpha value is -0.610. The van der Waals surface area contributed by atoms with Gasteiger partial charge in [0.25, 0.3) is 0 Å². The van der Waals surface area contributed by atoms with E-state index in [-0.39, 0.29) is 0 Å². The molecule has 17 heavy (non-hydrogen) atoms. The van der Waals surface area contributed by atoms with E-state index in [4.69, 9.17) is 5.73 Å². The third-order valence-electron chi connectivity index (χ3n) is 3.52. The van der Waals surface area contributed by atoms with Gasteiger partial charge in [0, 0.05) is 35.4 Å². The van der Waals surface area contributed by atoms with Gasteiger partial charge >= 0.3 is 0 Å². The Morgan fingerprint density at radius 3 is 2.94 bits per heavy atom. The molecule has 94 valence electrons. The molecule has 0 spiro atoms. The zero-order chi connectivity index (χ0) is 12.4. The Bertz CT molecular complexity index is 394. The second-order valence-corrected chi connectivity index (χ2v) is 5.94. The second kappa shape index (κ2) is 5.36. The number of anilines is 1. The Morgan fingerprint density at radius 2 is 2.24 bits per heavy atom. The Labute approximate surface area is 112 Å². The smallest absolute Gasteiger partial charge is 0.133 e. The van der Waals surface area contributed by atoms with Crippen molar-refractivity contribution in [2.24, 2.45) is 11.7 Å². The topological polar surface area (TPSA) is 42.2 Å². The summed E-state index contributed by atoms with van der Waals surface area (Å²) in [5, 5.41) is 0. The zero-order valence-electron chi connectivity index (χ0n) is 10.5. The van der Waals surface area contributed by atoms with Crippen molar-refractivity contribution in [1.29, 1.82) is 0 Å². The summed E-state index contributed by atoms with van der Waals surface area (Å²) >= 11 is 3.45. The molecule has 1 aliphatic rings. The van der Waals surface area contributed by atoms with Crippen LogP contribution in [0, 0.1) is 5.92 Å². The van der Waals surface area contributed by atoms with Crippen LogP contribution in [0.25, 0.3) is 0 Å². The molecule has 0 aromatic carbocycles. The molecule has 2 atom stereocenters. The highest BCUT2D eigenvalue weighted by Crippen LogP contribution is 2.29. The number of aromatic nitrogens is 1. The van der Waals surface area contributed by atoms with E-state index in [0.717, 1.165) is 28.3 Å². The fourth-order valence-electron chi connectivity index (χ4n) is 2.47. The summed E-state index contributed by atoms with van der Waals surface area (Å²) in [5.74, 6) is 1.80. The second-order valence-electron chi connectivity index (χ2n) is 5.02. The molecule has 2 N–H and O–H groups in total. The van der Waals surface area contributed by atoms with Crippen molar-refractivity contribution in [1.82, 2.24) is 4.98 Å². The van der Waals surface area contributed by atoms with Gasteiger partial charge in [-0.3, -0.25) is 0 Å². The molecular formula is C13H20BrN3. The third-order valence-corrected chi connectivity index (χ3v) is 3.95. The molecule has 0 radical (unpaired) electrons. The molecule has 0 bridgehead atoms. The quantitative estimate of drug-likeness (QED) is 0.913. The van der Waals surface area contributed by atoms with Gasteiger partial charge in [0.2, 0.25) is 0 Å². The van der Waals surface area contributed by atoms with E-state index in [2.05, 4.69) is 45.7 Å². The van der Waals surface area contributed by atoms with Gasteiger partial charge in [-0.2, -0.15) is 0 Å². The van der Waals surface area contributed by atoms with E-state index < -0.39 is 0 Å². The lowest BCUT2D eigenvalue weighted by Crippen LogP contribution is -2.42. The van der Waals surface area contributed by atoms with E-state index >= 15 is 0 Å². The average Bonchev–Trinajstić information content (AvgIpc) is 2.32. The van der Waals surface area contributed by atoms with Crippen LogP contribution < -0.4 is 10.6 Å². The van der Waals surface area contributed by atoms with E-state index in [1.165, 1.54) is 12.8 Å². The lowest BCUT2D eigenvalue weighted by molar-refractivity contribution is 0.387. The summed E-state index contributed by atoms with van der Waals surface area (Å²) in [4.78, 5) is 6.96. The van der Waals surface area contributed by atoms with Crippen molar-refractivity contribution in [3.63, 3.8) is 0 Å². The van der Waals surface area contributed by atoms with E-state index in [0.29, 0.717) is 12.6 Å². The summed E-state index contributed by atoms with van der Waals surface area (Å²) in [6.07, 6.45) is 4.41. The molecule has 2 rings (SSSR count). The normalized spacial score (nSPS) is 25.1. The molecule has 0 amide bonds. The molecule has 1 aliphatic heterocycles. The Morgan fingerprint density at radius 1 is 1.47 bits per heavy atom. The Kier molecular flexibility index (Phi) is 4.05. The first kappa shape index (κ1) is 12.8. The van der Waals surface area contributed by atoms with Gasteiger partial charge in [-0.1, -0.05) is 6.92 Å². The molecule has 0 saturated carbocycles. The highest BCUT2D eigenvalue weighted by atomic mass is 79.9. The number of rotatable bonds is 2. The number of hydrogen-bond acceptors (Lipinski definition) is 3. The first-order valence-corrected chi connectivity index (χ1v) is 7.02. The number of nitrogens with zero attached hydrogens (tertiary/aromatic N) is 2. The molecule has 4 heteroatoms. The SMILES string of the molecule is CC1CCC(C)N(c2ncc(Br)cc2CN)C1. The molecule has 1 fully saturated rings. The van der Waals surface area contributed by atoms with E-state index in [9.17, 15) is 0 Å². The predicted octanol–water partition coefficient (Wildman–Crippen LogP) is 2.93. The molecule has 3 nitrogen and oxygen atoms in total. The van der Waals surface area contributed by atoms with Gasteiger partial charge < -0.3 is 10.6 Å². The van der Waals surface area contributed by atoms with Crippen LogP contribution in [-0.4, -0.2) is 17.6 Å². The summed E-state index contributed by atoms with van der Waals surface area (Å²) in [7, 11) is 0. The molecule has 1 aromatic rings. The minimum atomic E-state index is 0.541. The molecular weight excluding hydrogens is 278 g/mol. The van der Waals surface area contributed by atoms with E-state index in [1.807, 2.05) is 6.20 Å². The van der Waals surface area contributed by atoms with E-state index in [1.54, 1.807) is 0 Å². The first-order valence-electron chi connectivity index (χ1n) is 6.23. The van der Waals surface area contributed by atoms with Crippen LogP contribution in [0.4, 0.5) is 5.82 Å². The van der Waals surface area contributed by atoms with Crippen molar-refractivity contribution in [2.75, 3.05) is 11.4 Å². The van der Waals surface area contributed by atoms with Crippen LogP contribution >= 0.6 is 15.9 Å². The lowest BCUT2D eigenvalue weighted by Gasteiger charge is -2.38. The number of piperidine rings is 1. The van der Waals surface area contributed by atoms with Crippen molar-refractivity contribution < 1.29 is 0 Å².